The minimum atomic E-state index is -1.03. The number of carbonyl (C=O) groups excluding carboxylic acids is 1. The molecule has 0 unspecified atom stereocenters. The third kappa shape index (κ3) is 2.51. The third-order valence-electron chi connectivity index (χ3n) is 4.59. The Morgan fingerprint density at radius 2 is 1.91 bits per heavy atom. The number of carbonyl (C=O) groups is 1. The molecule has 3 heterocycles. The Morgan fingerprint density at radius 1 is 1.27 bits per heavy atom. The molecule has 2 aliphatic heterocycles. The standard InChI is InChI=1S/C15H19BFNO3S/c1-14(2)15(3,4)21-16(20-14)12(17)9-5-6-11(19)18-13-10(9)7-8-22-13/h7-8H,5-6H2,1-4H3,(H,18,19). The van der Waals surface area contributed by atoms with Crippen LogP contribution in [-0.2, 0) is 14.1 Å². The van der Waals surface area contributed by atoms with E-state index in [2.05, 4.69) is 5.32 Å². The molecule has 1 amide bonds. The lowest BCUT2D eigenvalue weighted by Crippen LogP contribution is -2.41. The summed E-state index contributed by atoms with van der Waals surface area (Å²) < 4.78 is 26.6. The van der Waals surface area contributed by atoms with E-state index < -0.39 is 24.0 Å². The first kappa shape index (κ1) is 15.7. The van der Waals surface area contributed by atoms with Crippen molar-refractivity contribution in [3.63, 3.8) is 0 Å². The van der Waals surface area contributed by atoms with Crippen LogP contribution >= 0.6 is 11.3 Å². The zero-order chi connectivity index (χ0) is 16.1. The van der Waals surface area contributed by atoms with Gasteiger partial charge in [0.15, 0.2) is 0 Å². The highest BCUT2D eigenvalue weighted by Crippen LogP contribution is 2.43. The van der Waals surface area contributed by atoms with Crippen molar-refractivity contribution in [3.8, 4) is 0 Å². The minimum absolute atomic E-state index is 0.0968. The van der Waals surface area contributed by atoms with Gasteiger partial charge in [0.1, 0.15) is 10.7 Å². The smallest absolute Gasteiger partial charge is 0.398 e. The molecule has 118 valence electrons. The summed E-state index contributed by atoms with van der Waals surface area (Å²) in [5.41, 5.74) is -0.400. The molecule has 0 atom stereocenters. The second-order valence-electron chi connectivity index (χ2n) is 6.63. The summed E-state index contributed by atoms with van der Waals surface area (Å²) in [6.07, 6.45) is 0.592. The van der Waals surface area contributed by atoms with E-state index in [0.29, 0.717) is 17.0 Å². The van der Waals surface area contributed by atoms with E-state index in [0.717, 1.165) is 5.56 Å². The Bertz CT molecular complexity index is 637. The summed E-state index contributed by atoms with van der Waals surface area (Å²) in [5, 5.41) is 5.33. The predicted octanol–water partition coefficient (Wildman–Crippen LogP) is 3.79. The van der Waals surface area contributed by atoms with Gasteiger partial charge in [-0.2, -0.15) is 0 Å². The quantitative estimate of drug-likeness (QED) is 0.800. The average Bonchev–Trinajstić information content (AvgIpc) is 2.88. The molecule has 0 saturated carbocycles. The molecule has 22 heavy (non-hydrogen) atoms. The van der Waals surface area contributed by atoms with Gasteiger partial charge in [0, 0.05) is 12.0 Å². The fraction of sp³-hybridized carbons (Fsp3) is 0.533. The van der Waals surface area contributed by atoms with Crippen LogP contribution in [0.4, 0.5) is 9.39 Å². The summed E-state index contributed by atoms with van der Waals surface area (Å²) in [5.74, 6) is -0.0968. The molecule has 2 aliphatic rings. The number of halogens is 1. The molecule has 1 saturated heterocycles. The molecule has 0 aromatic carbocycles. The van der Waals surface area contributed by atoms with E-state index in [-0.39, 0.29) is 12.3 Å². The van der Waals surface area contributed by atoms with Crippen LogP contribution in [0.3, 0.4) is 0 Å². The average molecular weight is 323 g/mol. The number of amides is 1. The lowest BCUT2D eigenvalue weighted by molar-refractivity contribution is -0.116. The van der Waals surface area contributed by atoms with Gasteiger partial charge >= 0.3 is 7.12 Å². The van der Waals surface area contributed by atoms with Crippen LogP contribution in [0.5, 0.6) is 0 Å². The first-order valence-corrected chi connectivity index (χ1v) is 8.21. The van der Waals surface area contributed by atoms with Gasteiger partial charge in [-0.1, -0.05) is 0 Å². The maximum Gasteiger partial charge on any atom is 0.525 e. The van der Waals surface area contributed by atoms with Crippen molar-refractivity contribution in [2.24, 2.45) is 0 Å². The molecule has 4 nitrogen and oxygen atoms in total. The van der Waals surface area contributed by atoms with Crippen molar-refractivity contribution >= 4 is 34.9 Å². The van der Waals surface area contributed by atoms with Crippen LogP contribution in [0.1, 0.15) is 46.1 Å². The normalized spacial score (nSPS) is 25.5. The van der Waals surface area contributed by atoms with Gasteiger partial charge in [-0.05, 0) is 51.1 Å². The van der Waals surface area contributed by atoms with E-state index in [1.807, 2.05) is 39.1 Å². The Labute approximate surface area is 133 Å². The highest BCUT2D eigenvalue weighted by Gasteiger charge is 2.53. The molecule has 0 spiro atoms. The lowest BCUT2D eigenvalue weighted by atomic mass is 9.82. The van der Waals surface area contributed by atoms with Gasteiger partial charge in [0.25, 0.3) is 0 Å². The van der Waals surface area contributed by atoms with E-state index in [4.69, 9.17) is 9.31 Å². The van der Waals surface area contributed by atoms with Crippen molar-refractivity contribution in [1.29, 1.82) is 0 Å². The molecule has 1 N–H and O–H groups in total. The first-order chi connectivity index (χ1) is 10.2. The molecule has 3 rings (SSSR count). The largest absolute Gasteiger partial charge is 0.525 e. The number of allylic oxidation sites excluding steroid dienone is 1. The Kier molecular flexibility index (Phi) is 3.70. The van der Waals surface area contributed by atoms with Crippen LogP contribution in [0.15, 0.2) is 17.2 Å². The molecular weight excluding hydrogens is 304 g/mol. The molecule has 1 fully saturated rings. The van der Waals surface area contributed by atoms with Crippen LogP contribution in [0, 0.1) is 0 Å². The minimum Gasteiger partial charge on any atom is -0.398 e. The van der Waals surface area contributed by atoms with Crippen molar-refractivity contribution in [2.45, 2.75) is 51.7 Å². The summed E-state index contributed by atoms with van der Waals surface area (Å²) in [6.45, 7) is 7.55. The van der Waals surface area contributed by atoms with E-state index in [1.165, 1.54) is 11.3 Å². The van der Waals surface area contributed by atoms with Crippen molar-refractivity contribution in [2.75, 3.05) is 5.32 Å². The summed E-state index contributed by atoms with van der Waals surface area (Å²) in [7, 11) is -1.03. The Hall–Kier alpha value is -1.18. The van der Waals surface area contributed by atoms with Crippen LogP contribution in [0.2, 0.25) is 0 Å². The maximum atomic E-state index is 15.0. The Morgan fingerprint density at radius 3 is 2.55 bits per heavy atom. The number of anilines is 1. The molecule has 1 aromatic heterocycles. The van der Waals surface area contributed by atoms with E-state index in [9.17, 15) is 4.79 Å². The van der Waals surface area contributed by atoms with Gasteiger partial charge in [-0.25, -0.2) is 4.39 Å². The van der Waals surface area contributed by atoms with Crippen LogP contribution in [-0.4, -0.2) is 24.2 Å². The van der Waals surface area contributed by atoms with E-state index in [1.54, 1.807) is 0 Å². The predicted molar refractivity (Wildman–Crippen MR) is 86.3 cm³/mol. The van der Waals surface area contributed by atoms with E-state index >= 15 is 4.39 Å². The van der Waals surface area contributed by atoms with Crippen LogP contribution < -0.4 is 5.32 Å². The number of thiophene rings is 1. The molecule has 0 aliphatic carbocycles. The summed E-state index contributed by atoms with van der Waals surface area (Å²) in [6, 6.07) is 1.83. The SMILES string of the molecule is CC1(C)OB(C(F)=C2CCC(=O)Nc3sccc32)OC1(C)C. The zero-order valence-corrected chi connectivity index (χ0v) is 14.0. The number of fused-ring (bicyclic) bond motifs is 1. The van der Waals surface area contributed by atoms with Gasteiger partial charge in [0.2, 0.25) is 5.91 Å². The molecular formula is C15H19BFNO3S. The monoisotopic (exact) mass is 323 g/mol. The fourth-order valence-corrected chi connectivity index (χ4v) is 3.37. The topological polar surface area (TPSA) is 47.6 Å². The molecule has 0 bridgehead atoms. The maximum absolute atomic E-state index is 15.0. The second-order valence-corrected chi connectivity index (χ2v) is 7.54. The highest BCUT2D eigenvalue weighted by molar-refractivity contribution is 7.14. The second kappa shape index (κ2) is 5.18. The zero-order valence-electron chi connectivity index (χ0n) is 13.2. The van der Waals surface area contributed by atoms with Crippen LogP contribution in [0.25, 0.3) is 5.57 Å². The summed E-state index contributed by atoms with van der Waals surface area (Å²) in [4.78, 5) is 11.7. The Balaban J connectivity index is 1.99. The number of nitrogens with one attached hydrogen (secondary N) is 1. The number of hydrogen-bond acceptors (Lipinski definition) is 4. The highest BCUT2D eigenvalue weighted by atomic mass is 32.1. The van der Waals surface area contributed by atoms with Gasteiger partial charge in [-0.15, -0.1) is 11.3 Å². The van der Waals surface area contributed by atoms with Gasteiger partial charge in [-0.3, -0.25) is 4.79 Å². The third-order valence-corrected chi connectivity index (χ3v) is 5.42. The van der Waals surface area contributed by atoms with Gasteiger partial charge in [0.05, 0.1) is 11.2 Å². The molecule has 7 heteroatoms. The fourth-order valence-electron chi connectivity index (χ4n) is 2.54. The molecule has 0 radical (unpaired) electrons. The first-order valence-electron chi connectivity index (χ1n) is 7.33. The lowest BCUT2D eigenvalue weighted by Gasteiger charge is -2.32. The van der Waals surface area contributed by atoms with Crippen molar-refractivity contribution in [3.05, 3.63) is 22.7 Å². The number of hydrogen-bond donors (Lipinski definition) is 1. The van der Waals surface area contributed by atoms with Gasteiger partial charge < -0.3 is 14.6 Å². The summed E-state index contributed by atoms with van der Waals surface area (Å²) >= 11 is 1.39. The van der Waals surface area contributed by atoms with Crippen molar-refractivity contribution < 1.29 is 18.5 Å². The number of rotatable bonds is 1. The van der Waals surface area contributed by atoms with Crippen molar-refractivity contribution in [1.82, 2.24) is 0 Å². The molecule has 1 aromatic rings.